The lowest BCUT2D eigenvalue weighted by Gasteiger charge is -2.41. The van der Waals surface area contributed by atoms with Gasteiger partial charge < -0.3 is 9.80 Å². The van der Waals surface area contributed by atoms with Crippen molar-refractivity contribution in [2.45, 2.75) is 57.5 Å². The third-order valence-corrected chi connectivity index (χ3v) is 7.26. The second-order valence-electron chi connectivity index (χ2n) is 9.41. The van der Waals surface area contributed by atoms with Crippen LogP contribution in [-0.2, 0) is 11.2 Å². The van der Waals surface area contributed by atoms with Gasteiger partial charge in [0.25, 0.3) is 5.91 Å². The number of aryl methyl sites for hydroxylation is 1. The van der Waals surface area contributed by atoms with Crippen molar-refractivity contribution in [1.29, 1.82) is 0 Å². The second kappa shape index (κ2) is 9.45. The van der Waals surface area contributed by atoms with Gasteiger partial charge in [0.05, 0.1) is 5.69 Å². The van der Waals surface area contributed by atoms with Crippen LogP contribution in [0.5, 0.6) is 0 Å². The fourth-order valence-corrected chi connectivity index (χ4v) is 5.45. The molecule has 1 atom stereocenters. The van der Waals surface area contributed by atoms with Crippen molar-refractivity contribution < 1.29 is 4.79 Å². The smallest absolute Gasteiger partial charge is 0.259 e. The maximum atomic E-state index is 13.6. The number of carbonyl (C=O) groups excluding carboxylic acids is 1. The zero-order valence-corrected chi connectivity index (χ0v) is 19.1. The SMILES string of the molecule is Cc1ccccc1N1C(=O)C(Cc2ccccc2)N=C1N1CCC(N2CCCCC2)CC1. The van der Waals surface area contributed by atoms with Gasteiger partial charge in [-0.3, -0.25) is 4.79 Å². The molecule has 0 aromatic heterocycles. The van der Waals surface area contributed by atoms with E-state index in [-0.39, 0.29) is 11.9 Å². The average molecular weight is 431 g/mol. The summed E-state index contributed by atoms with van der Waals surface area (Å²) in [5, 5.41) is 0. The number of piperidine rings is 2. The second-order valence-corrected chi connectivity index (χ2v) is 9.41. The van der Waals surface area contributed by atoms with E-state index in [0.29, 0.717) is 12.5 Å². The highest BCUT2D eigenvalue weighted by molar-refractivity contribution is 6.22. The molecule has 2 saturated heterocycles. The molecule has 0 N–H and O–H groups in total. The molecule has 2 aromatic carbocycles. The van der Waals surface area contributed by atoms with Crippen LogP contribution in [0.2, 0.25) is 0 Å². The molecule has 5 nitrogen and oxygen atoms in total. The summed E-state index contributed by atoms with van der Waals surface area (Å²) < 4.78 is 0. The van der Waals surface area contributed by atoms with Crippen molar-refractivity contribution in [3.05, 3.63) is 65.7 Å². The lowest BCUT2D eigenvalue weighted by molar-refractivity contribution is -0.118. The number of hydrogen-bond donors (Lipinski definition) is 0. The van der Waals surface area contributed by atoms with Crippen LogP contribution in [0.4, 0.5) is 5.69 Å². The molecule has 3 aliphatic heterocycles. The molecule has 3 aliphatic rings. The molecule has 5 rings (SSSR count). The molecule has 0 bridgehead atoms. The topological polar surface area (TPSA) is 39.2 Å². The third kappa shape index (κ3) is 4.31. The van der Waals surface area contributed by atoms with Crippen LogP contribution in [-0.4, -0.2) is 59.9 Å². The first-order valence-electron chi connectivity index (χ1n) is 12.2. The number of rotatable bonds is 4. The molecule has 1 amide bonds. The van der Waals surface area contributed by atoms with Gasteiger partial charge in [0.1, 0.15) is 6.04 Å². The minimum Gasteiger partial charge on any atom is -0.342 e. The van der Waals surface area contributed by atoms with Gasteiger partial charge in [-0.05, 0) is 62.9 Å². The highest BCUT2D eigenvalue weighted by Crippen LogP contribution is 2.30. The van der Waals surface area contributed by atoms with E-state index in [2.05, 4.69) is 34.9 Å². The van der Waals surface area contributed by atoms with Crippen LogP contribution in [0.1, 0.15) is 43.2 Å². The molecule has 5 heteroatoms. The Kier molecular flexibility index (Phi) is 6.26. The maximum Gasteiger partial charge on any atom is 0.259 e. The molecule has 0 spiro atoms. The van der Waals surface area contributed by atoms with E-state index >= 15 is 0 Å². The molecule has 2 fully saturated rings. The van der Waals surface area contributed by atoms with Crippen LogP contribution < -0.4 is 4.90 Å². The summed E-state index contributed by atoms with van der Waals surface area (Å²) in [6, 6.07) is 18.7. The number of hydrogen-bond acceptors (Lipinski definition) is 4. The number of amides is 1. The fraction of sp³-hybridized carbons (Fsp3) is 0.481. The van der Waals surface area contributed by atoms with Crippen molar-refractivity contribution in [3.8, 4) is 0 Å². The minimum atomic E-state index is -0.355. The van der Waals surface area contributed by atoms with Crippen molar-refractivity contribution in [3.63, 3.8) is 0 Å². The number of anilines is 1. The first kappa shape index (κ1) is 21.2. The van der Waals surface area contributed by atoms with Gasteiger partial charge in [0.2, 0.25) is 5.96 Å². The zero-order valence-electron chi connectivity index (χ0n) is 19.1. The molecular formula is C27H34N4O. The molecule has 168 valence electrons. The number of benzene rings is 2. The Balaban J connectivity index is 1.37. The molecule has 0 radical (unpaired) electrons. The molecular weight excluding hydrogens is 396 g/mol. The Hall–Kier alpha value is -2.66. The highest BCUT2D eigenvalue weighted by atomic mass is 16.2. The lowest BCUT2D eigenvalue weighted by Crippen LogP contribution is -2.52. The van der Waals surface area contributed by atoms with E-state index in [1.807, 2.05) is 41.3 Å². The summed E-state index contributed by atoms with van der Waals surface area (Å²) in [5.41, 5.74) is 3.23. The summed E-state index contributed by atoms with van der Waals surface area (Å²) in [6.45, 7) is 6.51. The van der Waals surface area contributed by atoms with Gasteiger partial charge in [-0.1, -0.05) is 55.0 Å². The van der Waals surface area contributed by atoms with Gasteiger partial charge in [0, 0.05) is 25.6 Å². The average Bonchev–Trinajstić information content (AvgIpc) is 3.16. The minimum absolute atomic E-state index is 0.0938. The fourth-order valence-electron chi connectivity index (χ4n) is 5.45. The van der Waals surface area contributed by atoms with Crippen molar-refractivity contribution in [2.75, 3.05) is 31.1 Å². The first-order chi connectivity index (χ1) is 15.7. The Morgan fingerprint density at radius 1 is 0.875 bits per heavy atom. The number of carbonyl (C=O) groups is 1. The molecule has 2 aromatic rings. The largest absolute Gasteiger partial charge is 0.342 e. The van der Waals surface area contributed by atoms with Gasteiger partial charge in [-0.15, -0.1) is 0 Å². The zero-order chi connectivity index (χ0) is 21.9. The summed E-state index contributed by atoms with van der Waals surface area (Å²) in [6.07, 6.45) is 7.00. The van der Waals surface area contributed by atoms with E-state index < -0.39 is 0 Å². The molecule has 0 saturated carbocycles. The van der Waals surface area contributed by atoms with E-state index in [1.54, 1.807) is 0 Å². The van der Waals surface area contributed by atoms with Crippen LogP contribution in [0.25, 0.3) is 0 Å². The van der Waals surface area contributed by atoms with E-state index in [1.165, 1.54) is 32.4 Å². The Morgan fingerprint density at radius 2 is 1.56 bits per heavy atom. The summed E-state index contributed by atoms with van der Waals surface area (Å²) >= 11 is 0. The summed E-state index contributed by atoms with van der Waals surface area (Å²) in [5.74, 6) is 0.943. The highest BCUT2D eigenvalue weighted by Gasteiger charge is 2.40. The predicted molar refractivity (Wildman–Crippen MR) is 130 cm³/mol. The maximum absolute atomic E-state index is 13.6. The van der Waals surface area contributed by atoms with Gasteiger partial charge in [-0.25, -0.2) is 9.89 Å². The van der Waals surface area contributed by atoms with Crippen LogP contribution in [0, 0.1) is 6.92 Å². The predicted octanol–water partition coefficient (Wildman–Crippen LogP) is 4.26. The van der Waals surface area contributed by atoms with Crippen molar-refractivity contribution in [2.24, 2.45) is 4.99 Å². The normalized spacial score (nSPS) is 23.0. The number of nitrogens with zero attached hydrogens (tertiary/aromatic N) is 4. The van der Waals surface area contributed by atoms with Crippen LogP contribution >= 0.6 is 0 Å². The Labute approximate surface area is 191 Å². The van der Waals surface area contributed by atoms with Crippen molar-refractivity contribution >= 4 is 17.6 Å². The van der Waals surface area contributed by atoms with E-state index in [9.17, 15) is 4.79 Å². The van der Waals surface area contributed by atoms with Crippen molar-refractivity contribution in [1.82, 2.24) is 9.80 Å². The van der Waals surface area contributed by atoms with Gasteiger partial charge >= 0.3 is 0 Å². The van der Waals surface area contributed by atoms with Crippen LogP contribution in [0.15, 0.2) is 59.6 Å². The summed E-state index contributed by atoms with van der Waals surface area (Å²) in [7, 11) is 0. The number of para-hydroxylation sites is 1. The standard InChI is InChI=1S/C27H34N4O/c1-21-10-6-7-13-25(21)31-26(32)24(20-22-11-4-2-5-12-22)28-27(31)30-18-14-23(15-19-30)29-16-8-3-9-17-29/h2,4-7,10-13,23-24H,3,8-9,14-20H2,1H3. The van der Waals surface area contributed by atoms with E-state index in [0.717, 1.165) is 48.7 Å². The number of guanidine groups is 1. The molecule has 3 heterocycles. The monoisotopic (exact) mass is 430 g/mol. The molecule has 32 heavy (non-hydrogen) atoms. The van der Waals surface area contributed by atoms with E-state index in [4.69, 9.17) is 4.99 Å². The Bertz CT molecular complexity index is 959. The van der Waals surface area contributed by atoms with Crippen LogP contribution in [0.3, 0.4) is 0 Å². The summed E-state index contributed by atoms with van der Waals surface area (Å²) in [4.78, 5) is 25.6. The van der Waals surface area contributed by atoms with Gasteiger partial charge in [0.15, 0.2) is 0 Å². The lowest BCUT2D eigenvalue weighted by atomic mass is 10.00. The van der Waals surface area contributed by atoms with Gasteiger partial charge in [-0.2, -0.15) is 0 Å². The quantitative estimate of drug-likeness (QED) is 0.728. The first-order valence-corrected chi connectivity index (χ1v) is 12.2. The molecule has 0 aliphatic carbocycles. The Morgan fingerprint density at radius 3 is 2.28 bits per heavy atom. The third-order valence-electron chi connectivity index (χ3n) is 7.26. The number of aliphatic imine (C=N–C) groups is 1. The molecule has 1 unspecified atom stereocenters. The number of likely N-dealkylation sites (tertiary alicyclic amines) is 2.